The largest absolute Gasteiger partial charge is 0.496 e. The lowest BCUT2D eigenvalue weighted by atomic mass is 10.1. The second kappa shape index (κ2) is 6.57. The number of benzene rings is 2. The highest BCUT2D eigenvalue weighted by Crippen LogP contribution is 2.29. The van der Waals surface area contributed by atoms with Crippen molar-refractivity contribution in [2.75, 3.05) is 19.5 Å². The Morgan fingerprint density at radius 2 is 1.68 bits per heavy atom. The van der Waals surface area contributed by atoms with E-state index in [1.54, 1.807) is 24.3 Å². The summed E-state index contributed by atoms with van der Waals surface area (Å²) in [6.45, 7) is 0. The maximum Gasteiger partial charge on any atom is 0.271 e. The molecule has 0 aliphatic heterocycles. The van der Waals surface area contributed by atoms with Crippen LogP contribution in [0.25, 0.3) is 0 Å². The molecule has 2 aromatic carbocycles. The Balaban J connectivity index is 2.33. The van der Waals surface area contributed by atoms with Gasteiger partial charge in [-0.2, -0.15) is 0 Å². The summed E-state index contributed by atoms with van der Waals surface area (Å²) in [4.78, 5) is 22.6. The minimum Gasteiger partial charge on any atom is -0.496 e. The number of methoxy groups -OCH3 is 2. The van der Waals surface area contributed by atoms with E-state index in [-0.39, 0.29) is 11.3 Å². The predicted molar refractivity (Wildman–Crippen MR) is 80.6 cm³/mol. The molecule has 2 rings (SSSR count). The first kappa shape index (κ1) is 15.3. The Morgan fingerprint density at radius 3 is 2.23 bits per heavy atom. The summed E-state index contributed by atoms with van der Waals surface area (Å²) in [7, 11) is 2.89. The molecule has 0 fully saturated rings. The summed E-state index contributed by atoms with van der Waals surface area (Å²) in [6.07, 6.45) is 0. The summed E-state index contributed by atoms with van der Waals surface area (Å²) < 4.78 is 10.3. The van der Waals surface area contributed by atoms with Gasteiger partial charge in [-0.25, -0.2) is 0 Å². The van der Waals surface area contributed by atoms with Crippen LogP contribution < -0.4 is 14.8 Å². The third-order valence-corrected chi connectivity index (χ3v) is 2.97. The Kier molecular flexibility index (Phi) is 4.57. The van der Waals surface area contributed by atoms with Gasteiger partial charge in [0.15, 0.2) is 0 Å². The molecule has 1 amide bonds. The van der Waals surface area contributed by atoms with Gasteiger partial charge in [-0.15, -0.1) is 0 Å². The van der Waals surface area contributed by atoms with Crippen molar-refractivity contribution in [2.45, 2.75) is 0 Å². The first-order chi connectivity index (χ1) is 10.6. The van der Waals surface area contributed by atoms with Gasteiger partial charge in [0.2, 0.25) is 0 Å². The van der Waals surface area contributed by atoms with Gasteiger partial charge in [0.25, 0.3) is 11.6 Å². The van der Waals surface area contributed by atoms with E-state index in [0.29, 0.717) is 17.2 Å². The first-order valence-corrected chi connectivity index (χ1v) is 6.33. The highest BCUT2D eigenvalue weighted by molar-refractivity contribution is 6.08. The number of carbonyl (C=O) groups excluding carboxylic acids is 1. The van der Waals surface area contributed by atoms with Crippen molar-refractivity contribution >= 4 is 17.3 Å². The second-order valence-corrected chi connectivity index (χ2v) is 4.30. The lowest BCUT2D eigenvalue weighted by Gasteiger charge is -2.12. The second-order valence-electron chi connectivity index (χ2n) is 4.30. The number of hydrogen-bond donors (Lipinski definition) is 1. The third kappa shape index (κ3) is 3.14. The van der Waals surface area contributed by atoms with E-state index in [9.17, 15) is 14.9 Å². The lowest BCUT2D eigenvalue weighted by molar-refractivity contribution is -0.384. The van der Waals surface area contributed by atoms with Crippen LogP contribution in [0.4, 0.5) is 11.4 Å². The number of ether oxygens (including phenoxy) is 2. The molecule has 0 heterocycles. The van der Waals surface area contributed by atoms with Gasteiger partial charge in [0.1, 0.15) is 17.1 Å². The summed E-state index contributed by atoms with van der Waals surface area (Å²) in [6, 6.07) is 10.6. The van der Waals surface area contributed by atoms with E-state index >= 15 is 0 Å². The number of carbonyl (C=O) groups is 1. The zero-order chi connectivity index (χ0) is 16.1. The van der Waals surface area contributed by atoms with Crippen LogP contribution in [0.5, 0.6) is 11.5 Å². The van der Waals surface area contributed by atoms with Gasteiger partial charge in [-0.3, -0.25) is 14.9 Å². The minimum atomic E-state index is -0.528. The first-order valence-electron chi connectivity index (χ1n) is 6.33. The molecule has 1 N–H and O–H groups in total. The molecular formula is C15H14N2O5. The number of non-ortho nitro benzene ring substituents is 1. The molecule has 0 bridgehead atoms. The van der Waals surface area contributed by atoms with Crippen molar-refractivity contribution in [3.63, 3.8) is 0 Å². The van der Waals surface area contributed by atoms with Crippen LogP contribution in [0.1, 0.15) is 10.4 Å². The lowest BCUT2D eigenvalue weighted by Crippen LogP contribution is -2.14. The molecular weight excluding hydrogens is 288 g/mol. The molecule has 7 heteroatoms. The smallest absolute Gasteiger partial charge is 0.271 e. The van der Waals surface area contributed by atoms with Crippen molar-refractivity contribution in [1.29, 1.82) is 0 Å². The molecule has 0 saturated carbocycles. The van der Waals surface area contributed by atoms with Gasteiger partial charge >= 0.3 is 0 Å². The van der Waals surface area contributed by atoms with Crippen LogP contribution in [0.15, 0.2) is 42.5 Å². The van der Waals surface area contributed by atoms with Crippen molar-refractivity contribution in [3.05, 3.63) is 58.1 Å². The number of anilines is 1. The number of nitro groups is 1. The van der Waals surface area contributed by atoms with Crippen LogP contribution in [-0.2, 0) is 0 Å². The maximum atomic E-state index is 12.4. The average Bonchev–Trinajstić information content (AvgIpc) is 2.54. The van der Waals surface area contributed by atoms with Crippen LogP contribution in [0.2, 0.25) is 0 Å². The normalized spacial score (nSPS) is 9.91. The fourth-order valence-electron chi connectivity index (χ4n) is 1.97. The molecule has 0 saturated heterocycles. The van der Waals surface area contributed by atoms with E-state index in [1.165, 1.54) is 32.4 Å². The topological polar surface area (TPSA) is 90.7 Å². The Hall–Kier alpha value is -3.09. The summed E-state index contributed by atoms with van der Waals surface area (Å²) in [5.41, 5.74) is 0.427. The molecule has 0 radical (unpaired) electrons. The number of hydrogen-bond acceptors (Lipinski definition) is 5. The van der Waals surface area contributed by atoms with Crippen molar-refractivity contribution in [2.24, 2.45) is 0 Å². The quantitative estimate of drug-likeness (QED) is 0.677. The SMILES string of the molecule is COc1cccc(OC)c1C(=O)Nc1cccc([N+](=O)[O-])c1. The predicted octanol–water partition coefficient (Wildman–Crippen LogP) is 2.86. The monoisotopic (exact) mass is 302 g/mol. The van der Waals surface area contributed by atoms with Gasteiger partial charge in [0.05, 0.1) is 19.1 Å². The van der Waals surface area contributed by atoms with Crippen LogP contribution >= 0.6 is 0 Å². The Morgan fingerprint density at radius 1 is 1.09 bits per heavy atom. The highest BCUT2D eigenvalue weighted by Gasteiger charge is 2.19. The fraction of sp³-hybridized carbons (Fsp3) is 0.133. The van der Waals surface area contributed by atoms with Crippen molar-refractivity contribution < 1.29 is 19.2 Å². The zero-order valence-corrected chi connectivity index (χ0v) is 12.0. The van der Waals surface area contributed by atoms with Crippen molar-refractivity contribution in [3.8, 4) is 11.5 Å². The molecule has 0 atom stereocenters. The Labute approximate surface area is 126 Å². The van der Waals surface area contributed by atoms with Crippen LogP contribution in [-0.4, -0.2) is 25.1 Å². The summed E-state index contributed by atoms with van der Waals surface area (Å²) in [5, 5.41) is 13.4. The van der Waals surface area contributed by atoms with E-state index < -0.39 is 10.8 Å². The minimum absolute atomic E-state index is 0.107. The van der Waals surface area contributed by atoms with E-state index in [0.717, 1.165) is 0 Å². The molecule has 2 aromatic rings. The number of amides is 1. The summed E-state index contributed by atoms with van der Waals surface area (Å²) >= 11 is 0. The van der Waals surface area contributed by atoms with Gasteiger partial charge < -0.3 is 14.8 Å². The number of rotatable bonds is 5. The van der Waals surface area contributed by atoms with E-state index in [2.05, 4.69) is 5.32 Å². The maximum absolute atomic E-state index is 12.4. The van der Waals surface area contributed by atoms with Gasteiger partial charge in [-0.1, -0.05) is 12.1 Å². The molecule has 0 unspecified atom stereocenters. The fourth-order valence-corrected chi connectivity index (χ4v) is 1.97. The molecule has 0 spiro atoms. The van der Waals surface area contributed by atoms with Gasteiger partial charge in [-0.05, 0) is 18.2 Å². The highest BCUT2D eigenvalue weighted by atomic mass is 16.6. The summed E-state index contributed by atoms with van der Waals surface area (Å²) in [5.74, 6) is 0.222. The average molecular weight is 302 g/mol. The molecule has 22 heavy (non-hydrogen) atoms. The molecule has 114 valence electrons. The van der Waals surface area contributed by atoms with E-state index in [4.69, 9.17) is 9.47 Å². The van der Waals surface area contributed by atoms with Crippen molar-refractivity contribution in [1.82, 2.24) is 0 Å². The van der Waals surface area contributed by atoms with Crippen LogP contribution in [0, 0.1) is 10.1 Å². The molecule has 7 nitrogen and oxygen atoms in total. The number of nitrogens with zero attached hydrogens (tertiary/aromatic N) is 1. The van der Waals surface area contributed by atoms with Crippen LogP contribution in [0.3, 0.4) is 0 Å². The molecule has 0 aromatic heterocycles. The standard InChI is InChI=1S/C15H14N2O5/c1-21-12-7-4-8-13(22-2)14(12)15(18)16-10-5-3-6-11(9-10)17(19)20/h3-9H,1-2H3,(H,16,18). The zero-order valence-electron chi connectivity index (χ0n) is 12.0. The number of nitro benzene ring substituents is 1. The third-order valence-electron chi connectivity index (χ3n) is 2.97. The Bertz CT molecular complexity index is 693. The van der Waals surface area contributed by atoms with E-state index in [1.807, 2.05) is 0 Å². The molecule has 0 aliphatic rings. The van der Waals surface area contributed by atoms with Gasteiger partial charge in [0, 0.05) is 17.8 Å². The molecule has 0 aliphatic carbocycles. The number of nitrogens with one attached hydrogen (secondary N) is 1.